The number of nitrogens with zero attached hydrogens (tertiary/aromatic N) is 4. The highest BCUT2D eigenvalue weighted by atomic mass is 35.5. The summed E-state index contributed by atoms with van der Waals surface area (Å²) in [6.45, 7) is 0. The summed E-state index contributed by atoms with van der Waals surface area (Å²) in [4.78, 5) is 16.9. The zero-order valence-electron chi connectivity index (χ0n) is 14.1. The first-order valence-electron chi connectivity index (χ1n) is 8.51. The van der Waals surface area contributed by atoms with E-state index in [4.69, 9.17) is 0 Å². The summed E-state index contributed by atoms with van der Waals surface area (Å²) in [6.07, 6.45) is 6.09. The first-order valence-corrected chi connectivity index (χ1v) is 8.51. The molecule has 1 aliphatic carbocycles. The van der Waals surface area contributed by atoms with Crippen LogP contribution < -0.4 is 10.6 Å². The predicted molar refractivity (Wildman–Crippen MR) is 102 cm³/mol. The number of halogens is 1. The van der Waals surface area contributed by atoms with Gasteiger partial charge in [0.25, 0.3) is 11.9 Å². The monoisotopic (exact) mass is 373 g/mol. The van der Waals surface area contributed by atoms with Gasteiger partial charge in [0, 0.05) is 17.1 Å². The van der Waals surface area contributed by atoms with Crippen LogP contribution in [0.15, 0.2) is 30.3 Å². The van der Waals surface area contributed by atoms with Crippen LogP contribution in [0.3, 0.4) is 0 Å². The largest absolute Gasteiger partial charge is 0.382 e. The Hall–Kier alpha value is -2.74. The summed E-state index contributed by atoms with van der Waals surface area (Å²) < 4.78 is 0. The molecule has 9 heteroatoms. The van der Waals surface area contributed by atoms with Crippen molar-refractivity contribution in [2.45, 2.75) is 38.1 Å². The lowest BCUT2D eigenvalue weighted by Gasteiger charge is -2.24. The van der Waals surface area contributed by atoms with Gasteiger partial charge in [-0.3, -0.25) is 10.1 Å². The fourth-order valence-corrected chi connectivity index (χ4v) is 3.26. The van der Waals surface area contributed by atoms with E-state index in [0.29, 0.717) is 11.7 Å². The molecule has 1 aromatic carbocycles. The van der Waals surface area contributed by atoms with E-state index in [1.54, 1.807) is 6.07 Å². The van der Waals surface area contributed by atoms with Crippen molar-refractivity contribution in [3.05, 3.63) is 36.0 Å². The maximum Gasteiger partial charge on any atom is 0.276 e. The number of carbonyl (C=O) groups is 1. The minimum absolute atomic E-state index is 0. The van der Waals surface area contributed by atoms with E-state index in [1.165, 1.54) is 19.3 Å². The van der Waals surface area contributed by atoms with E-state index in [-0.39, 0.29) is 24.3 Å². The number of H-pyrrole nitrogens is 1. The number of rotatable bonds is 4. The van der Waals surface area contributed by atoms with E-state index in [1.807, 2.05) is 24.3 Å². The molecule has 2 aromatic heterocycles. The molecule has 0 spiro atoms. The summed E-state index contributed by atoms with van der Waals surface area (Å²) in [5.74, 6) is -0.236. The molecular weight excluding hydrogens is 354 g/mol. The van der Waals surface area contributed by atoms with Crippen LogP contribution >= 0.6 is 12.4 Å². The fourth-order valence-electron chi connectivity index (χ4n) is 3.26. The molecule has 26 heavy (non-hydrogen) atoms. The van der Waals surface area contributed by atoms with E-state index in [0.717, 1.165) is 29.4 Å². The first kappa shape index (κ1) is 18.1. The molecule has 2 heterocycles. The number of anilines is 2. The Morgan fingerprint density at radius 2 is 1.96 bits per heavy atom. The highest BCUT2D eigenvalue weighted by Crippen LogP contribution is 2.27. The van der Waals surface area contributed by atoms with E-state index in [9.17, 15) is 4.79 Å². The van der Waals surface area contributed by atoms with Gasteiger partial charge < -0.3 is 5.32 Å². The minimum atomic E-state index is -0.362. The highest BCUT2D eigenvalue weighted by Gasteiger charge is 2.17. The van der Waals surface area contributed by atoms with Crippen molar-refractivity contribution in [3.63, 3.8) is 0 Å². The third-order valence-electron chi connectivity index (χ3n) is 4.48. The third-order valence-corrected chi connectivity index (χ3v) is 4.48. The van der Waals surface area contributed by atoms with Crippen molar-refractivity contribution in [2.75, 3.05) is 10.6 Å². The van der Waals surface area contributed by atoms with Crippen LogP contribution in [0.4, 0.5) is 11.6 Å². The van der Waals surface area contributed by atoms with Crippen LogP contribution in [-0.2, 0) is 0 Å². The lowest BCUT2D eigenvalue weighted by Crippen LogP contribution is -2.23. The Morgan fingerprint density at radius 1 is 1.15 bits per heavy atom. The SMILES string of the molecule is Cl.O=C(Nc1nn[nH]n1)c1cc(NC2CCCCC2)c2ccccc2n1. The standard InChI is InChI=1S/C17H19N7O.ClH/c25-16(20-17-21-23-24-22-17)15-10-14(18-11-6-2-1-3-7-11)12-8-4-5-9-13(12)19-15;/h4-5,8-11H,1-3,6-7H2,(H,18,19)(H2,20,21,22,23,24,25);1H. The quantitative estimate of drug-likeness (QED) is 0.648. The maximum absolute atomic E-state index is 12.5. The summed E-state index contributed by atoms with van der Waals surface area (Å²) >= 11 is 0. The number of hydrogen-bond donors (Lipinski definition) is 3. The van der Waals surface area contributed by atoms with Gasteiger partial charge in [-0.1, -0.05) is 42.6 Å². The molecule has 0 aliphatic heterocycles. The van der Waals surface area contributed by atoms with E-state index in [2.05, 4.69) is 36.2 Å². The zero-order valence-corrected chi connectivity index (χ0v) is 14.9. The fraction of sp³-hybridized carbons (Fsp3) is 0.353. The van der Waals surface area contributed by atoms with Gasteiger partial charge in [-0.25, -0.2) is 4.98 Å². The number of nitrogens with one attached hydrogen (secondary N) is 3. The lowest BCUT2D eigenvalue weighted by molar-refractivity contribution is 0.102. The molecule has 0 saturated heterocycles. The Kier molecular flexibility index (Phi) is 5.62. The molecule has 1 amide bonds. The highest BCUT2D eigenvalue weighted by molar-refractivity contribution is 6.05. The number of para-hydroxylation sites is 1. The molecule has 1 saturated carbocycles. The molecule has 136 valence electrons. The Morgan fingerprint density at radius 3 is 2.73 bits per heavy atom. The van der Waals surface area contributed by atoms with Crippen molar-refractivity contribution >= 4 is 40.9 Å². The van der Waals surface area contributed by atoms with Crippen LogP contribution in [0.1, 0.15) is 42.6 Å². The van der Waals surface area contributed by atoms with Gasteiger partial charge in [-0.2, -0.15) is 5.21 Å². The molecule has 1 aliphatic rings. The van der Waals surface area contributed by atoms with Gasteiger partial charge in [-0.15, -0.1) is 17.5 Å². The summed E-state index contributed by atoms with van der Waals surface area (Å²) in [5.41, 5.74) is 2.04. The number of tetrazole rings is 1. The summed E-state index contributed by atoms with van der Waals surface area (Å²) in [6, 6.07) is 10.1. The number of carbonyl (C=O) groups excluding carboxylic acids is 1. The number of amides is 1. The molecule has 0 radical (unpaired) electrons. The molecule has 3 aromatic rings. The summed E-state index contributed by atoms with van der Waals surface area (Å²) in [7, 11) is 0. The minimum Gasteiger partial charge on any atom is -0.382 e. The van der Waals surface area contributed by atoms with Gasteiger partial charge in [-0.05, 0) is 30.2 Å². The van der Waals surface area contributed by atoms with Crippen molar-refractivity contribution < 1.29 is 4.79 Å². The van der Waals surface area contributed by atoms with Crippen LogP contribution in [0.2, 0.25) is 0 Å². The molecule has 0 unspecified atom stereocenters. The maximum atomic E-state index is 12.5. The van der Waals surface area contributed by atoms with Crippen molar-refractivity contribution in [2.24, 2.45) is 0 Å². The van der Waals surface area contributed by atoms with Crippen LogP contribution in [-0.4, -0.2) is 37.6 Å². The van der Waals surface area contributed by atoms with E-state index >= 15 is 0 Å². The average molecular weight is 374 g/mol. The molecular formula is C17H20ClN7O. The second-order valence-corrected chi connectivity index (χ2v) is 6.24. The molecule has 1 fully saturated rings. The van der Waals surface area contributed by atoms with Crippen molar-refractivity contribution in [3.8, 4) is 0 Å². The van der Waals surface area contributed by atoms with Gasteiger partial charge >= 0.3 is 0 Å². The zero-order chi connectivity index (χ0) is 17.1. The number of benzene rings is 1. The Labute approximate surface area is 156 Å². The normalized spacial score (nSPS) is 14.6. The van der Waals surface area contributed by atoms with Crippen LogP contribution in [0.5, 0.6) is 0 Å². The van der Waals surface area contributed by atoms with Crippen molar-refractivity contribution in [1.29, 1.82) is 0 Å². The smallest absolute Gasteiger partial charge is 0.276 e. The Balaban J connectivity index is 0.00000196. The molecule has 0 bridgehead atoms. The third kappa shape index (κ3) is 3.91. The number of fused-ring (bicyclic) bond motifs is 1. The number of pyridine rings is 1. The number of aromatic nitrogens is 5. The topological polar surface area (TPSA) is 108 Å². The first-order chi connectivity index (χ1) is 12.3. The van der Waals surface area contributed by atoms with Gasteiger partial charge in [0.15, 0.2) is 0 Å². The summed E-state index contributed by atoms with van der Waals surface area (Å²) in [5, 5.41) is 20.4. The van der Waals surface area contributed by atoms with Gasteiger partial charge in [0.1, 0.15) is 5.69 Å². The molecule has 3 N–H and O–H groups in total. The predicted octanol–water partition coefficient (Wildman–Crippen LogP) is 3.17. The second-order valence-electron chi connectivity index (χ2n) is 6.24. The van der Waals surface area contributed by atoms with Crippen molar-refractivity contribution in [1.82, 2.24) is 25.6 Å². The van der Waals surface area contributed by atoms with Gasteiger partial charge in [0.05, 0.1) is 5.52 Å². The van der Waals surface area contributed by atoms with E-state index < -0.39 is 0 Å². The van der Waals surface area contributed by atoms with Crippen LogP contribution in [0.25, 0.3) is 10.9 Å². The molecule has 4 rings (SSSR count). The second kappa shape index (κ2) is 8.09. The van der Waals surface area contributed by atoms with Gasteiger partial charge in [0.2, 0.25) is 0 Å². The van der Waals surface area contributed by atoms with Crippen LogP contribution in [0, 0.1) is 0 Å². The number of aromatic amines is 1. The lowest BCUT2D eigenvalue weighted by atomic mass is 9.95. The molecule has 8 nitrogen and oxygen atoms in total. The number of hydrogen-bond acceptors (Lipinski definition) is 6. The molecule has 0 atom stereocenters. The Bertz CT molecular complexity index is 878. The average Bonchev–Trinajstić information content (AvgIpc) is 3.15.